The van der Waals surface area contributed by atoms with Crippen LogP contribution < -0.4 is 4.57 Å². The molecule has 134 valence electrons. The maximum Gasteiger partial charge on any atom is 0.213 e. The number of aryl methyl sites for hydroxylation is 3. The molecule has 2 aromatic carbocycles. The molecule has 1 aliphatic rings. The van der Waals surface area contributed by atoms with E-state index in [2.05, 4.69) is 74.9 Å². The van der Waals surface area contributed by atoms with Crippen molar-refractivity contribution in [2.24, 2.45) is 13.0 Å². The van der Waals surface area contributed by atoms with Gasteiger partial charge in [-0.2, -0.15) is 4.57 Å². The third kappa shape index (κ3) is 3.05. The van der Waals surface area contributed by atoms with E-state index in [1.807, 2.05) is 0 Å². The third-order valence-corrected chi connectivity index (χ3v) is 6.35. The summed E-state index contributed by atoms with van der Waals surface area (Å²) in [4.78, 5) is 0. The van der Waals surface area contributed by atoms with Gasteiger partial charge in [0.05, 0.1) is 0 Å². The predicted octanol–water partition coefficient (Wildman–Crippen LogP) is 5.99. The van der Waals surface area contributed by atoms with Gasteiger partial charge in [-0.1, -0.05) is 49.4 Å². The second-order valence-corrected chi connectivity index (χ2v) is 8.24. The van der Waals surface area contributed by atoms with E-state index in [0.29, 0.717) is 0 Å². The SMILES string of the molecule is Cc1cc(C)c(C)c(-c2cc(CC3CCCC3)c3ccccc3[n+]2C)c1. The van der Waals surface area contributed by atoms with E-state index >= 15 is 0 Å². The van der Waals surface area contributed by atoms with Crippen molar-refractivity contribution in [1.29, 1.82) is 0 Å². The normalized spacial score (nSPS) is 15.1. The van der Waals surface area contributed by atoms with Crippen LogP contribution in [0.3, 0.4) is 0 Å². The Hall–Kier alpha value is -2.15. The highest BCUT2D eigenvalue weighted by Gasteiger charge is 2.23. The highest BCUT2D eigenvalue weighted by molar-refractivity contribution is 5.82. The largest absolute Gasteiger partial charge is 0.213 e. The molecule has 1 fully saturated rings. The summed E-state index contributed by atoms with van der Waals surface area (Å²) in [5, 5.41) is 1.42. The van der Waals surface area contributed by atoms with Crippen molar-refractivity contribution < 1.29 is 4.57 Å². The van der Waals surface area contributed by atoms with Crippen LogP contribution in [0.25, 0.3) is 22.2 Å². The minimum atomic E-state index is 0.860. The molecule has 0 saturated heterocycles. The summed E-state index contributed by atoms with van der Waals surface area (Å²) in [5.41, 5.74) is 9.72. The number of rotatable bonds is 3. The predicted molar refractivity (Wildman–Crippen MR) is 110 cm³/mol. The van der Waals surface area contributed by atoms with Gasteiger partial charge in [0.15, 0.2) is 0 Å². The molecular formula is C25H30N+. The minimum Gasteiger partial charge on any atom is -0.194 e. The summed E-state index contributed by atoms with van der Waals surface area (Å²) >= 11 is 0. The number of fused-ring (bicyclic) bond motifs is 1. The van der Waals surface area contributed by atoms with E-state index in [1.54, 1.807) is 0 Å². The maximum absolute atomic E-state index is 2.47. The van der Waals surface area contributed by atoms with Crippen molar-refractivity contribution in [1.82, 2.24) is 0 Å². The highest BCUT2D eigenvalue weighted by Crippen LogP contribution is 2.33. The van der Waals surface area contributed by atoms with E-state index < -0.39 is 0 Å². The summed E-state index contributed by atoms with van der Waals surface area (Å²) in [6.07, 6.45) is 6.83. The number of nitrogens with zero attached hydrogens (tertiary/aromatic N) is 1. The monoisotopic (exact) mass is 344 g/mol. The first kappa shape index (κ1) is 17.3. The van der Waals surface area contributed by atoms with Gasteiger partial charge in [-0.05, 0) is 61.9 Å². The second-order valence-electron chi connectivity index (χ2n) is 8.24. The van der Waals surface area contributed by atoms with Crippen molar-refractivity contribution >= 4 is 10.9 Å². The molecule has 0 aliphatic heterocycles. The molecule has 1 heteroatoms. The van der Waals surface area contributed by atoms with Crippen molar-refractivity contribution in [2.75, 3.05) is 0 Å². The Morgan fingerprint density at radius 1 is 0.962 bits per heavy atom. The maximum atomic E-state index is 2.47. The van der Waals surface area contributed by atoms with Gasteiger partial charge in [0.2, 0.25) is 11.2 Å². The summed E-state index contributed by atoms with van der Waals surface area (Å²) in [6, 6.07) is 16.0. The molecule has 1 aromatic heterocycles. The molecular weight excluding hydrogens is 314 g/mol. The molecule has 1 aliphatic carbocycles. The van der Waals surface area contributed by atoms with Gasteiger partial charge in [0, 0.05) is 23.1 Å². The fourth-order valence-electron chi connectivity index (χ4n) is 4.77. The number of hydrogen-bond acceptors (Lipinski definition) is 0. The smallest absolute Gasteiger partial charge is 0.194 e. The lowest BCUT2D eigenvalue weighted by molar-refractivity contribution is -0.633. The molecule has 4 rings (SSSR count). The lowest BCUT2D eigenvalue weighted by Crippen LogP contribution is -2.33. The summed E-state index contributed by atoms with van der Waals surface area (Å²) in [5.74, 6) is 0.860. The number of pyridine rings is 1. The Morgan fingerprint density at radius 3 is 2.46 bits per heavy atom. The van der Waals surface area contributed by atoms with Crippen LogP contribution in [-0.4, -0.2) is 0 Å². The van der Waals surface area contributed by atoms with Gasteiger partial charge in [-0.3, -0.25) is 0 Å². The van der Waals surface area contributed by atoms with Gasteiger partial charge in [0.25, 0.3) is 0 Å². The van der Waals surface area contributed by atoms with E-state index in [4.69, 9.17) is 0 Å². The molecule has 0 atom stereocenters. The molecule has 0 bridgehead atoms. The van der Waals surface area contributed by atoms with Crippen LogP contribution in [-0.2, 0) is 13.5 Å². The van der Waals surface area contributed by atoms with Crippen LogP contribution in [0.2, 0.25) is 0 Å². The molecule has 0 unspecified atom stereocenters. The molecule has 1 saturated carbocycles. The van der Waals surface area contributed by atoms with E-state index in [9.17, 15) is 0 Å². The first-order chi connectivity index (χ1) is 12.5. The van der Waals surface area contributed by atoms with Gasteiger partial charge in [-0.15, -0.1) is 0 Å². The van der Waals surface area contributed by atoms with Crippen molar-refractivity contribution in [2.45, 2.75) is 52.9 Å². The fraction of sp³-hybridized carbons (Fsp3) is 0.400. The molecule has 0 radical (unpaired) electrons. The van der Waals surface area contributed by atoms with Crippen molar-refractivity contribution in [3.05, 3.63) is 64.7 Å². The quantitative estimate of drug-likeness (QED) is 0.514. The van der Waals surface area contributed by atoms with Crippen LogP contribution >= 0.6 is 0 Å². The molecule has 0 N–H and O–H groups in total. The summed E-state index contributed by atoms with van der Waals surface area (Å²) in [6.45, 7) is 6.69. The molecule has 26 heavy (non-hydrogen) atoms. The first-order valence-corrected chi connectivity index (χ1v) is 10.0. The average molecular weight is 345 g/mol. The molecule has 0 amide bonds. The number of benzene rings is 2. The topological polar surface area (TPSA) is 3.88 Å². The standard InChI is InChI=1S/C25H30N/c1-17-13-18(2)19(3)23(14-17)25-16-21(15-20-9-5-6-10-20)22-11-7-8-12-24(22)26(25)4/h7-8,11-14,16,20H,5-6,9-10,15H2,1-4H3/q+1. The Bertz CT molecular complexity index is 962. The number of aromatic nitrogens is 1. The van der Waals surface area contributed by atoms with Crippen LogP contribution in [0.5, 0.6) is 0 Å². The zero-order chi connectivity index (χ0) is 18.3. The van der Waals surface area contributed by atoms with Crippen LogP contribution in [0.4, 0.5) is 0 Å². The van der Waals surface area contributed by atoms with E-state index in [1.165, 1.54) is 76.5 Å². The third-order valence-electron chi connectivity index (χ3n) is 6.35. The molecule has 3 aromatic rings. The first-order valence-electron chi connectivity index (χ1n) is 10.0. The molecule has 0 spiro atoms. The van der Waals surface area contributed by atoms with Gasteiger partial charge < -0.3 is 0 Å². The lowest BCUT2D eigenvalue weighted by atomic mass is 9.91. The van der Waals surface area contributed by atoms with Crippen LogP contribution in [0.1, 0.15) is 47.9 Å². The highest BCUT2D eigenvalue weighted by atomic mass is 14.9. The summed E-state index contributed by atoms with van der Waals surface area (Å²) in [7, 11) is 2.22. The average Bonchev–Trinajstić information content (AvgIpc) is 3.14. The van der Waals surface area contributed by atoms with Crippen molar-refractivity contribution in [3.63, 3.8) is 0 Å². The fourth-order valence-corrected chi connectivity index (χ4v) is 4.77. The van der Waals surface area contributed by atoms with Crippen LogP contribution in [0.15, 0.2) is 42.5 Å². The molecule has 1 heterocycles. The zero-order valence-corrected chi connectivity index (χ0v) is 16.6. The van der Waals surface area contributed by atoms with Gasteiger partial charge in [-0.25, -0.2) is 0 Å². The molecule has 1 nitrogen and oxygen atoms in total. The second kappa shape index (κ2) is 6.87. The van der Waals surface area contributed by atoms with E-state index in [0.717, 1.165) is 5.92 Å². The van der Waals surface area contributed by atoms with Crippen LogP contribution in [0, 0.1) is 26.7 Å². The lowest BCUT2D eigenvalue weighted by Gasteiger charge is -2.15. The Labute approximate surface area is 157 Å². The van der Waals surface area contributed by atoms with Gasteiger partial charge in [0.1, 0.15) is 7.05 Å². The zero-order valence-electron chi connectivity index (χ0n) is 16.6. The Kier molecular flexibility index (Phi) is 4.56. The Balaban J connectivity index is 1.94. The Morgan fingerprint density at radius 2 is 1.69 bits per heavy atom. The van der Waals surface area contributed by atoms with Gasteiger partial charge >= 0.3 is 0 Å². The number of hydrogen-bond donors (Lipinski definition) is 0. The summed E-state index contributed by atoms with van der Waals surface area (Å²) < 4.78 is 2.38. The number of para-hydroxylation sites is 1. The van der Waals surface area contributed by atoms with Crippen molar-refractivity contribution in [3.8, 4) is 11.3 Å². The minimum absolute atomic E-state index is 0.860. The van der Waals surface area contributed by atoms with E-state index in [-0.39, 0.29) is 0 Å².